The van der Waals surface area contributed by atoms with Gasteiger partial charge in [0, 0.05) is 0 Å². The third kappa shape index (κ3) is 45.6. The predicted octanol–water partition coefficient (Wildman–Crippen LogP) is 9.60. The normalized spacial score (nSPS) is 9.60. The van der Waals surface area contributed by atoms with Crippen molar-refractivity contribution in [2.75, 3.05) is 0 Å². The second-order valence-corrected chi connectivity index (χ2v) is 6.66. The maximum atomic E-state index is 2.19. The van der Waals surface area contributed by atoms with Gasteiger partial charge in [0.05, 0.1) is 0 Å². The molecule has 152 valence electrons. The summed E-state index contributed by atoms with van der Waals surface area (Å²) in [5.41, 5.74) is 0. The molecule has 0 aliphatic carbocycles. The number of rotatable bonds is 8. The second kappa shape index (κ2) is 32.4. The first-order valence-electron chi connectivity index (χ1n) is 10.5. The fourth-order valence-electron chi connectivity index (χ4n) is 1.000. The van der Waals surface area contributed by atoms with E-state index in [4.69, 9.17) is 0 Å². The van der Waals surface area contributed by atoms with Crippen LogP contribution in [0.1, 0.15) is 134 Å². The fraction of sp³-hybridized carbons (Fsp3) is 0.833. The van der Waals surface area contributed by atoms with Crippen LogP contribution in [-0.4, -0.2) is 0 Å². The van der Waals surface area contributed by atoms with Crippen LogP contribution in [0.2, 0.25) is 0 Å². The van der Waals surface area contributed by atoms with Gasteiger partial charge in [-0.05, 0) is 0 Å². The van der Waals surface area contributed by atoms with Crippen LogP contribution in [0.4, 0.5) is 0 Å². The first-order chi connectivity index (χ1) is 11.2. The molecule has 25 heavy (non-hydrogen) atoms. The molecule has 0 unspecified atom stereocenters. The van der Waals surface area contributed by atoms with E-state index in [1.165, 1.54) is 51.4 Å². The first kappa shape index (κ1) is 36.6. The van der Waals surface area contributed by atoms with Crippen molar-refractivity contribution in [3.63, 3.8) is 0 Å². The Hall–Kier alpha value is 0.714. The largest absolute Gasteiger partial charge is 4.00 e. The average Bonchev–Trinajstić information content (AvgIpc) is 2.66. The minimum Gasteiger partial charge on any atom is -0.317 e. The van der Waals surface area contributed by atoms with E-state index in [1.807, 2.05) is 0 Å². The van der Waals surface area contributed by atoms with E-state index in [2.05, 4.69) is 83.1 Å². The zero-order chi connectivity index (χ0) is 20.0. The molecule has 0 saturated heterocycles. The van der Waals surface area contributed by atoms with E-state index in [-0.39, 0.29) is 21.7 Å². The van der Waals surface area contributed by atoms with Crippen LogP contribution in [-0.2, 0) is 21.7 Å². The second-order valence-electron chi connectivity index (χ2n) is 6.66. The molecule has 0 aliphatic rings. The van der Waals surface area contributed by atoms with Crippen molar-refractivity contribution in [3.05, 3.63) is 23.7 Å². The molecule has 1 heteroatoms. The van der Waals surface area contributed by atoms with Gasteiger partial charge in [0.25, 0.3) is 0 Å². The molecule has 0 bridgehead atoms. The average molecular weight is 389 g/mol. The van der Waals surface area contributed by atoms with Gasteiger partial charge in [0.15, 0.2) is 0 Å². The van der Waals surface area contributed by atoms with E-state index < -0.39 is 0 Å². The van der Waals surface area contributed by atoms with Gasteiger partial charge in [-0.2, -0.15) is 79.1 Å². The van der Waals surface area contributed by atoms with E-state index in [0.717, 1.165) is 0 Å². The fourth-order valence-corrected chi connectivity index (χ4v) is 1.000. The molecule has 0 rings (SSSR count). The zero-order valence-electron chi connectivity index (χ0n) is 20.2. The minimum absolute atomic E-state index is 0. The number of hydrogen-bond donors (Lipinski definition) is 0. The van der Waals surface area contributed by atoms with E-state index in [0.29, 0.717) is 0 Å². The van der Waals surface area contributed by atoms with Crippen LogP contribution in [0.15, 0.2) is 0 Å². The minimum atomic E-state index is 0. The monoisotopic (exact) mass is 388 g/mol. The van der Waals surface area contributed by atoms with E-state index in [9.17, 15) is 0 Å². The molecule has 0 saturated carbocycles. The molecule has 0 atom stereocenters. The van der Waals surface area contributed by atoms with Crippen LogP contribution in [0.25, 0.3) is 0 Å². The molecule has 0 aliphatic heterocycles. The van der Waals surface area contributed by atoms with Gasteiger partial charge in [-0.1, -0.05) is 55.4 Å². The molecule has 0 amide bonds. The summed E-state index contributed by atoms with van der Waals surface area (Å²) in [6, 6.07) is 0. The summed E-state index contributed by atoms with van der Waals surface area (Å²) in [6.07, 6.45) is 9.97. The van der Waals surface area contributed by atoms with Gasteiger partial charge in [-0.15, -0.1) is 0 Å². The summed E-state index contributed by atoms with van der Waals surface area (Å²) in [6.45, 7) is 26.3. The molecule has 0 N–H and O–H groups in total. The third-order valence-corrected chi connectivity index (χ3v) is 4.83. The maximum Gasteiger partial charge on any atom is 4.00 e. The summed E-state index contributed by atoms with van der Waals surface area (Å²) >= 11 is 0. The Morgan fingerprint density at radius 2 is 0.400 bits per heavy atom. The molecule has 0 spiro atoms. The standard InChI is InChI=1S/4C6H13.Ti/c4*1-4-6(3)5-2;/h4*4-5H2,1-3H3;/q4*-1;+4. The van der Waals surface area contributed by atoms with E-state index in [1.54, 1.807) is 23.7 Å². The predicted molar refractivity (Wildman–Crippen MR) is 118 cm³/mol. The van der Waals surface area contributed by atoms with Crippen LogP contribution < -0.4 is 0 Å². The Morgan fingerprint density at radius 1 is 0.320 bits per heavy atom. The van der Waals surface area contributed by atoms with Crippen molar-refractivity contribution >= 4 is 0 Å². The van der Waals surface area contributed by atoms with Crippen molar-refractivity contribution in [2.24, 2.45) is 0 Å². The molecule has 0 aromatic heterocycles. The van der Waals surface area contributed by atoms with Crippen molar-refractivity contribution in [3.8, 4) is 0 Å². The van der Waals surface area contributed by atoms with Gasteiger partial charge in [-0.3, -0.25) is 0 Å². The van der Waals surface area contributed by atoms with Crippen LogP contribution in [0.5, 0.6) is 0 Å². The molecule has 0 aromatic carbocycles. The summed E-state index contributed by atoms with van der Waals surface area (Å²) in [5, 5.41) is 0. The van der Waals surface area contributed by atoms with Gasteiger partial charge in [0.2, 0.25) is 0 Å². The smallest absolute Gasteiger partial charge is 0.317 e. The molecular formula is C24H52Ti. The quantitative estimate of drug-likeness (QED) is 0.287. The maximum absolute atomic E-state index is 2.19. The topological polar surface area (TPSA) is 0 Å². The van der Waals surface area contributed by atoms with Crippen molar-refractivity contribution in [2.45, 2.75) is 134 Å². The van der Waals surface area contributed by atoms with Gasteiger partial charge in [0.1, 0.15) is 0 Å². The van der Waals surface area contributed by atoms with Crippen molar-refractivity contribution in [1.29, 1.82) is 0 Å². The first-order valence-corrected chi connectivity index (χ1v) is 10.5. The summed E-state index contributed by atoms with van der Waals surface area (Å²) in [7, 11) is 0. The zero-order valence-corrected chi connectivity index (χ0v) is 21.7. The van der Waals surface area contributed by atoms with Crippen LogP contribution >= 0.6 is 0 Å². The molecule has 0 heterocycles. The van der Waals surface area contributed by atoms with Gasteiger partial charge in [-0.25, -0.2) is 0 Å². The molecule has 0 radical (unpaired) electrons. The van der Waals surface area contributed by atoms with Crippen LogP contribution in [0, 0.1) is 23.7 Å². The molecular weight excluding hydrogens is 336 g/mol. The molecule has 0 fully saturated rings. The Bertz CT molecular complexity index is 123. The third-order valence-electron chi connectivity index (χ3n) is 4.83. The summed E-state index contributed by atoms with van der Waals surface area (Å²) in [5.74, 6) is 6.37. The van der Waals surface area contributed by atoms with Crippen LogP contribution in [0.3, 0.4) is 0 Å². The Labute approximate surface area is 179 Å². The SMILES string of the molecule is CC[C-](C)CC.CC[C-](C)CC.CC[C-](C)CC.CC[C-](C)CC.[Ti+4]. The Morgan fingerprint density at radius 3 is 0.400 bits per heavy atom. The summed E-state index contributed by atoms with van der Waals surface area (Å²) in [4.78, 5) is 0. The van der Waals surface area contributed by atoms with Crippen molar-refractivity contribution in [1.82, 2.24) is 0 Å². The van der Waals surface area contributed by atoms with Gasteiger partial charge < -0.3 is 23.7 Å². The molecule has 0 nitrogen and oxygen atoms in total. The van der Waals surface area contributed by atoms with Crippen molar-refractivity contribution < 1.29 is 21.7 Å². The number of hydrogen-bond acceptors (Lipinski definition) is 0. The molecule has 0 aromatic rings. The van der Waals surface area contributed by atoms with Gasteiger partial charge >= 0.3 is 21.7 Å². The Balaban J connectivity index is -0.0000000702. The van der Waals surface area contributed by atoms with E-state index >= 15 is 0 Å². The summed E-state index contributed by atoms with van der Waals surface area (Å²) < 4.78 is 0. The Kier molecular flexibility index (Phi) is 47.4.